The van der Waals surface area contributed by atoms with E-state index in [-0.39, 0.29) is 0 Å². The van der Waals surface area contributed by atoms with Crippen molar-refractivity contribution in [1.29, 1.82) is 0 Å². The number of methoxy groups -OCH3 is 1. The van der Waals surface area contributed by atoms with E-state index >= 15 is 0 Å². The van der Waals surface area contributed by atoms with Crippen LogP contribution in [0.1, 0.15) is 10.8 Å². The van der Waals surface area contributed by atoms with Gasteiger partial charge in [0.1, 0.15) is 19.0 Å². The first-order chi connectivity index (χ1) is 9.78. The Morgan fingerprint density at radius 2 is 2.10 bits per heavy atom. The summed E-state index contributed by atoms with van der Waals surface area (Å²) in [5.74, 6) is 1.32. The molecule has 0 unspecified atom stereocenters. The zero-order chi connectivity index (χ0) is 13.9. The summed E-state index contributed by atoms with van der Waals surface area (Å²) < 4.78 is 12.4. The normalized spacial score (nSPS) is 11.1. The third-order valence-corrected chi connectivity index (χ3v) is 3.51. The van der Waals surface area contributed by atoms with Crippen LogP contribution in [0.2, 0.25) is 0 Å². The molecule has 0 saturated carbocycles. The van der Waals surface area contributed by atoms with Crippen molar-refractivity contribution >= 4 is 22.0 Å². The highest BCUT2D eigenvalue weighted by Crippen LogP contribution is 2.22. The number of hydrogen-bond donors (Lipinski definition) is 1. The fourth-order valence-electron chi connectivity index (χ4n) is 1.73. The van der Waals surface area contributed by atoms with Crippen LogP contribution in [-0.4, -0.2) is 26.9 Å². The molecule has 0 saturated heterocycles. The van der Waals surface area contributed by atoms with Gasteiger partial charge in [-0.25, -0.2) is 0 Å². The van der Waals surface area contributed by atoms with Crippen molar-refractivity contribution in [3.05, 3.63) is 35.1 Å². The van der Waals surface area contributed by atoms with Crippen LogP contribution in [0.5, 0.6) is 5.75 Å². The second kappa shape index (κ2) is 5.43. The highest BCUT2D eigenvalue weighted by Gasteiger charge is 2.12. The minimum absolute atomic E-state index is 0.342. The molecule has 2 heterocycles. The Labute approximate surface area is 119 Å². The van der Waals surface area contributed by atoms with Gasteiger partial charge in [0, 0.05) is 7.11 Å². The molecule has 0 atom stereocenters. The zero-order valence-corrected chi connectivity index (χ0v) is 11.6. The topological polar surface area (TPSA) is 87.6 Å². The molecule has 1 aromatic carbocycles. The summed E-state index contributed by atoms with van der Waals surface area (Å²) in [4.78, 5) is 0.719. The molecule has 0 bridgehead atoms. The van der Waals surface area contributed by atoms with Crippen LogP contribution in [0.15, 0.2) is 24.3 Å². The number of ether oxygens (including phenoxy) is 2. The number of anilines is 1. The largest absolute Gasteiger partial charge is 0.484 e. The van der Waals surface area contributed by atoms with E-state index in [9.17, 15) is 0 Å². The van der Waals surface area contributed by atoms with Crippen LogP contribution in [0.3, 0.4) is 0 Å². The lowest BCUT2D eigenvalue weighted by molar-refractivity contribution is 0.176. The van der Waals surface area contributed by atoms with Crippen molar-refractivity contribution < 1.29 is 9.47 Å². The molecule has 104 valence electrons. The van der Waals surface area contributed by atoms with E-state index in [0.29, 0.717) is 30.5 Å². The molecule has 0 amide bonds. The Bertz CT molecular complexity index is 724. The number of para-hydroxylation sites is 2. The van der Waals surface area contributed by atoms with Crippen LogP contribution in [0, 0.1) is 0 Å². The maximum Gasteiger partial charge on any atom is 0.234 e. The second-order valence-corrected chi connectivity index (χ2v) is 5.11. The van der Waals surface area contributed by atoms with Crippen molar-refractivity contribution in [3.8, 4) is 5.75 Å². The lowest BCUT2D eigenvalue weighted by Gasteiger charge is -2.05. The van der Waals surface area contributed by atoms with Gasteiger partial charge in [-0.1, -0.05) is 23.5 Å². The summed E-state index contributed by atoms with van der Waals surface area (Å²) in [5, 5.41) is 13.2. The molecule has 0 aliphatic carbocycles. The number of fused-ring (bicyclic) bond motifs is 1. The highest BCUT2D eigenvalue weighted by atomic mass is 32.1. The number of rotatable bonds is 5. The van der Waals surface area contributed by atoms with Gasteiger partial charge in [-0.2, -0.15) is 9.61 Å². The molecule has 20 heavy (non-hydrogen) atoms. The summed E-state index contributed by atoms with van der Waals surface area (Å²) >= 11 is 1.43. The molecule has 2 N–H and O–H groups in total. The van der Waals surface area contributed by atoms with Gasteiger partial charge in [-0.3, -0.25) is 0 Å². The summed E-state index contributed by atoms with van der Waals surface area (Å²) in [6, 6.07) is 7.36. The SMILES string of the molecule is COCc1nnc2sc(COc3ccccc3N)nn12. The first kappa shape index (κ1) is 12.8. The standard InChI is InChI=1S/C12H13N5O2S/c1-18-6-10-14-15-12-17(10)16-11(20-12)7-19-9-5-3-2-4-8(9)13/h2-5H,6-7,13H2,1H3. The highest BCUT2D eigenvalue weighted by molar-refractivity contribution is 7.16. The Morgan fingerprint density at radius 3 is 2.90 bits per heavy atom. The molecule has 0 aliphatic heterocycles. The molecule has 2 aromatic heterocycles. The lowest BCUT2D eigenvalue weighted by Crippen LogP contribution is -2.01. The van der Waals surface area contributed by atoms with Crippen LogP contribution >= 0.6 is 11.3 Å². The molecule has 0 spiro atoms. The molecule has 7 nitrogen and oxygen atoms in total. The fourth-order valence-corrected chi connectivity index (χ4v) is 2.49. The van der Waals surface area contributed by atoms with Gasteiger partial charge in [-0.05, 0) is 12.1 Å². The van der Waals surface area contributed by atoms with Gasteiger partial charge in [0.15, 0.2) is 10.8 Å². The van der Waals surface area contributed by atoms with Crippen LogP contribution in [0.4, 0.5) is 5.69 Å². The Morgan fingerprint density at radius 1 is 1.25 bits per heavy atom. The molecule has 3 aromatic rings. The number of hydrogen-bond acceptors (Lipinski definition) is 7. The molecule has 3 rings (SSSR count). The van der Waals surface area contributed by atoms with Crippen LogP contribution in [0.25, 0.3) is 4.96 Å². The maximum absolute atomic E-state index is 5.82. The van der Waals surface area contributed by atoms with Gasteiger partial charge in [-0.15, -0.1) is 10.2 Å². The van der Waals surface area contributed by atoms with Crippen molar-refractivity contribution in [2.45, 2.75) is 13.2 Å². The van der Waals surface area contributed by atoms with Crippen molar-refractivity contribution in [2.24, 2.45) is 0 Å². The number of nitrogens with two attached hydrogens (primary N) is 1. The monoisotopic (exact) mass is 291 g/mol. The average Bonchev–Trinajstić information content (AvgIpc) is 3.00. The van der Waals surface area contributed by atoms with Gasteiger partial charge in [0.05, 0.1) is 5.69 Å². The molecule has 0 aliphatic rings. The Kier molecular flexibility index (Phi) is 3.48. The number of nitrogens with zero attached hydrogens (tertiary/aromatic N) is 4. The van der Waals surface area contributed by atoms with Gasteiger partial charge < -0.3 is 15.2 Å². The molecule has 0 fully saturated rings. The number of benzene rings is 1. The van der Waals surface area contributed by atoms with E-state index in [1.165, 1.54) is 11.3 Å². The van der Waals surface area contributed by atoms with E-state index in [1.54, 1.807) is 17.7 Å². The quantitative estimate of drug-likeness (QED) is 0.717. The van der Waals surface area contributed by atoms with E-state index in [2.05, 4.69) is 15.3 Å². The smallest absolute Gasteiger partial charge is 0.234 e. The predicted molar refractivity (Wildman–Crippen MR) is 74.6 cm³/mol. The molecule has 0 radical (unpaired) electrons. The van der Waals surface area contributed by atoms with Gasteiger partial charge in [0.2, 0.25) is 4.96 Å². The molecule has 8 heteroatoms. The van der Waals surface area contributed by atoms with Gasteiger partial charge >= 0.3 is 0 Å². The summed E-state index contributed by atoms with van der Waals surface area (Å²) in [6.45, 7) is 0.714. The minimum Gasteiger partial charge on any atom is -0.484 e. The van der Waals surface area contributed by atoms with Crippen LogP contribution < -0.4 is 10.5 Å². The number of aromatic nitrogens is 4. The fraction of sp³-hybridized carbons (Fsp3) is 0.250. The molecular formula is C12H13N5O2S. The Hall–Kier alpha value is -2.19. The maximum atomic E-state index is 5.82. The first-order valence-electron chi connectivity index (χ1n) is 5.94. The van der Waals surface area contributed by atoms with Gasteiger partial charge in [0.25, 0.3) is 0 Å². The average molecular weight is 291 g/mol. The summed E-state index contributed by atoms with van der Waals surface area (Å²) in [7, 11) is 1.61. The first-order valence-corrected chi connectivity index (χ1v) is 6.76. The zero-order valence-electron chi connectivity index (χ0n) is 10.8. The summed E-state index contributed by atoms with van der Waals surface area (Å²) in [5.41, 5.74) is 6.42. The third-order valence-electron chi connectivity index (χ3n) is 2.64. The van der Waals surface area contributed by atoms with Crippen molar-refractivity contribution in [1.82, 2.24) is 19.8 Å². The van der Waals surface area contributed by atoms with E-state index in [4.69, 9.17) is 15.2 Å². The molecular weight excluding hydrogens is 278 g/mol. The van der Waals surface area contributed by atoms with E-state index in [0.717, 1.165) is 9.97 Å². The van der Waals surface area contributed by atoms with Crippen LogP contribution in [-0.2, 0) is 18.0 Å². The van der Waals surface area contributed by atoms with E-state index < -0.39 is 0 Å². The summed E-state index contributed by atoms with van der Waals surface area (Å²) in [6.07, 6.45) is 0. The van der Waals surface area contributed by atoms with Crippen molar-refractivity contribution in [2.75, 3.05) is 12.8 Å². The Balaban J connectivity index is 1.76. The van der Waals surface area contributed by atoms with E-state index in [1.807, 2.05) is 18.2 Å². The third kappa shape index (κ3) is 2.43. The van der Waals surface area contributed by atoms with Crippen molar-refractivity contribution in [3.63, 3.8) is 0 Å². The lowest BCUT2D eigenvalue weighted by atomic mass is 10.3. The predicted octanol–water partition coefficient (Wildman–Crippen LogP) is 1.49. The minimum atomic E-state index is 0.342. The number of nitrogen functional groups attached to an aromatic ring is 1. The second-order valence-electron chi connectivity index (χ2n) is 4.07.